The molecule has 0 spiro atoms. The maximum Gasteiger partial charge on any atom is 0.309 e. The Morgan fingerprint density at radius 2 is 1.95 bits per heavy atom. The zero-order chi connectivity index (χ0) is 16.4. The summed E-state index contributed by atoms with van der Waals surface area (Å²) in [5.41, 5.74) is -1.10. The molecule has 0 bridgehead atoms. The predicted octanol–water partition coefficient (Wildman–Crippen LogP) is 0.688. The molecule has 0 aromatic heterocycles. The molecule has 1 aliphatic rings. The molecule has 1 atom stereocenters. The van der Waals surface area contributed by atoms with Crippen LogP contribution in [0.1, 0.15) is 32.8 Å². The van der Waals surface area contributed by atoms with Crippen LogP contribution in [0.2, 0.25) is 0 Å². The van der Waals surface area contributed by atoms with Gasteiger partial charge in [0.25, 0.3) is 0 Å². The second-order valence-electron chi connectivity index (χ2n) is 6.51. The number of carbonyl (C=O) groups excluding carboxylic acids is 2. The standard InChI is InChI=1S/C16H22N2O4/c1-15(2,3)18-14(20)13(19)17-10-16(21)8-9-22-12-7-5-4-6-11(12)16/h4-7,21H,8-10H2,1-3H3,(H,17,19)(H,18,20). The van der Waals surface area contributed by atoms with Gasteiger partial charge in [-0.3, -0.25) is 9.59 Å². The number of hydrogen-bond acceptors (Lipinski definition) is 4. The number of rotatable bonds is 2. The van der Waals surface area contributed by atoms with Crippen molar-refractivity contribution in [3.63, 3.8) is 0 Å². The minimum absolute atomic E-state index is 0.0379. The Labute approximate surface area is 129 Å². The van der Waals surface area contributed by atoms with Crippen LogP contribution in [0.25, 0.3) is 0 Å². The number of carbonyl (C=O) groups is 2. The lowest BCUT2D eigenvalue weighted by atomic mass is 9.88. The highest BCUT2D eigenvalue weighted by molar-refractivity contribution is 6.35. The van der Waals surface area contributed by atoms with Crippen LogP contribution in [0.3, 0.4) is 0 Å². The summed E-state index contributed by atoms with van der Waals surface area (Å²) in [7, 11) is 0. The Morgan fingerprint density at radius 1 is 1.27 bits per heavy atom. The predicted molar refractivity (Wildman–Crippen MR) is 81.4 cm³/mol. The molecule has 0 saturated heterocycles. The molecule has 6 heteroatoms. The number of amides is 2. The average molecular weight is 306 g/mol. The van der Waals surface area contributed by atoms with E-state index in [-0.39, 0.29) is 6.54 Å². The number of benzene rings is 1. The van der Waals surface area contributed by atoms with Gasteiger partial charge in [-0.1, -0.05) is 18.2 Å². The number of fused-ring (bicyclic) bond motifs is 1. The molecule has 22 heavy (non-hydrogen) atoms. The Hall–Kier alpha value is -2.08. The minimum atomic E-state index is -1.23. The van der Waals surface area contributed by atoms with Gasteiger partial charge in [0.1, 0.15) is 11.4 Å². The van der Waals surface area contributed by atoms with Gasteiger partial charge in [0.2, 0.25) is 0 Å². The maximum atomic E-state index is 11.9. The van der Waals surface area contributed by atoms with Gasteiger partial charge in [0.05, 0.1) is 13.2 Å². The third-order valence-electron chi connectivity index (χ3n) is 3.40. The monoisotopic (exact) mass is 306 g/mol. The molecular formula is C16H22N2O4. The average Bonchev–Trinajstić information content (AvgIpc) is 2.43. The molecule has 120 valence electrons. The third kappa shape index (κ3) is 3.76. The van der Waals surface area contributed by atoms with E-state index in [2.05, 4.69) is 10.6 Å². The first-order valence-corrected chi connectivity index (χ1v) is 7.26. The lowest BCUT2D eigenvalue weighted by molar-refractivity contribution is -0.141. The van der Waals surface area contributed by atoms with Crippen LogP contribution in [0.15, 0.2) is 24.3 Å². The minimum Gasteiger partial charge on any atom is -0.493 e. The third-order valence-corrected chi connectivity index (χ3v) is 3.40. The fourth-order valence-corrected chi connectivity index (χ4v) is 2.33. The molecule has 0 saturated carbocycles. The van der Waals surface area contributed by atoms with Crippen LogP contribution >= 0.6 is 0 Å². The fraction of sp³-hybridized carbons (Fsp3) is 0.500. The zero-order valence-electron chi connectivity index (χ0n) is 13.1. The number of aliphatic hydroxyl groups is 1. The highest BCUT2D eigenvalue weighted by Gasteiger charge is 2.36. The van der Waals surface area contributed by atoms with Crippen molar-refractivity contribution in [2.45, 2.75) is 38.3 Å². The largest absolute Gasteiger partial charge is 0.493 e. The van der Waals surface area contributed by atoms with Crippen molar-refractivity contribution in [3.05, 3.63) is 29.8 Å². The van der Waals surface area contributed by atoms with Gasteiger partial charge < -0.3 is 20.5 Å². The van der Waals surface area contributed by atoms with Crippen LogP contribution in [0.4, 0.5) is 0 Å². The second kappa shape index (κ2) is 5.96. The van der Waals surface area contributed by atoms with Gasteiger partial charge in [-0.15, -0.1) is 0 Å². The van der Waals surface area contributed by atoms with Gasteiger partial charge in [-0.2, -0.15) is 0 Å². The molecular weight excluding hydrogens is 284 g/mol. The van der Waals surface area contributed by atoms with E-state index in [0.717, 1.165) is 0 Å². The lowest BCUT2D eigenvalue weighted by Gasteiger charge is -2.34. The first kappa shape index (κ1) is 16.3. The first-order valence-electron chi connectivity index (χ1n) is 7.26. The van der Waals surface area contributed by atoms with E-state index in [9.17, 15) is 14.7 Å². The first-order chi connectivity index (χ1) is 10.2. The van der Waals surface area contributed by atoms with Gasteiger partial charge in [-0.25, -0.2) is 0 Å². The van der Waals surface area contributed by atoms with Crippen molar-refractivity contribution in [2.75, 3.05) is 13.2 Å². The van der Waals surface area contributed by atoms with E-state index < -0.39 is 23.0 Å². The van der Waals surface area contributed by atoms with E-state index in [1.807, 2.05) is 6.07 Å². The number of hydrogen-bond donors (Lipinski definition) is 3. The smallest absolute Gasteiger partial charge is 0.309 e. The van der Waals surface area contributed by atoms with Gasteiger partial charge in [-0.05, 0) is 26.8 Å². The number of para-hydroxylation sites is 1. The van der Waals surface area contributed by atoms with Crippen molar-refractivity contribution in [1.29, 1.82) is 0 Å². The Kier molecular flexibility index (Phi) is 4.42. The van der Waals surface area contributed by atoms with Crippen molar-refractivity contribution in [3.8, 4) is 5.75 Å². The molecule has 1 heterocycles. The van der Waals surface area contributed by atoms with Gasteiger partial charge in [0, 0.05) is 17.5 Å². The molecule has 2 rings (SSSR count). The topological polar surface area (TPSA) is 87.7 Å². The molecule has 1 unspecified atom stereocenters. The molecule has 1 aromatic carbocycles. The molecule has 2 amide bonds. The van der Waals surface area contributed by atoms with Crippen molar-refractivity contribution in [1.82, 2.24) is 10.6 Å². The van der Waals surface area contributed by atoms with Crippen LogP contribution in [-0.2, 0) is 15.2 Å². The van der Waals surface area contributed by atoms with Crippen LogP contribution in [0, 0.1) is 0 Å². The van der Waals surface area contributed by atoms with Crippen molar-refractivity contribution >= 4 is 11.8 Å². The highest BCUT2D eigenvalue weighted by atomic mass is 16.5. The van der Waals surface area contributed by atoms with E-state index >= 15 is 0 Å². The quantitative estimate of drug-likeness (QED) is 0.702. The maximum absolute atomic E-state index is 11.9. The molecule has 3 N–H and O–H groups in total. The summed E-state index contributed by atoms with van der Waals surface area (Å²) >= 11 is 0. The number of ether oxygens (including phenoxy) is 1. The fourth-order valence-electron chi connectivity index (χ4n) is 2.33. The molecule has 0 fully saturated rings. The normalized spacial score (nSPS) is 20.5. The van der Waals surface area contributed by atoms with E-state index in [1.54, 1.807) is 39.0 Å². The molecule has 0 aliphatic carbocycles. The van der Waals surface area contributed by atoms with E-state index in [0.29, 0.717) is 24.3 Å². The summed E-state index contributed by atoms with van der Waals surface area (Å²) in [6.07, 6.45) is 0.352. The summed E-state index contributed by atoms with van der Waals surface area (Å²) in [5, 5.41) is 15.8. The SMILES string of the molecule is CC(C)(C)NC(=O)C(=O)NCC1(O)CCOc2ccccc21. The summed E-state index contributed by atoms with van der Waals surface area (Å²) in [5.74, 6) is -0.867. The summed E-state index contributed by atoms with van der Waals surface area (Å²) < 4.78 is 5.49. The van der Waals surface area contributed by atoms with E-state index in [1.165, 1.54) is 0 Å². The number of nitrogens with one attached hydrogen (secondary N) is 2. The molecule has 6 nitrogen and oxygen atoms in total. The molecule has 1 aliphatic heterocycles. The lowest BCUT2D eigenvalue weighted by Crippen LogP contribution is -2.51. The zero-order valence-corrected chi connectivity index (χ0v) is 13.1. The summed E-state index contributed by atoms with van der Waals surface area (Å²) in [6, 6.07) is 7.15. The van der Waals surface area contributed by atoms with Crippen molar-refractivity contribution < 1.29 is 19.4 Å². The Bertz CT molecular complexity index is 580. The van der Waals surface area contributed by atoms with Crippen LogP contribution in [-0.4, -0.2) is 35.6 Å². The van der Waals surface area contributed by atoms with Crippen molar-refractivity contribution in [2.24, 2.45) is 0 Å². The highest BCUT2D eigenvalue weighted by Crippen LogP contribution is 2.36. The molecule has 0 radical (unpaired) electrons. The van der Waals surface area contributed by atoms with E-state index in [4.69, 9.17) is 4.74 Å². The Balaban J connectivity index is 2.03. The Morgan fingerprint density at radius 3 is 2.64 bits per heavy atom. The second-order valence-corrected chi connectivity index (χ2v) is 6.51. The summed E-state index contributed by atoms with van der Waals surface area (Å²) in [6.45, 7) is 5.70. The summed E-state index contributed by atoms with van der Waals surface area (Å²) in [4.78, 5) is 23.6. The van der Waals surface area contributed by atoms with Crippen LogP contribution < -0.4 is 15.4 Å². The van der Waals surface area contributed by atoms with Gasteiger partial charge in [0.15, 0.2) is 0 Å². The van der Waals surface area contributed by atoms with Crippen LogP contribution in [0.5, 0.6) is 5.75 Å². The molecule has 1 aromatic rings. The van der Waals surface area contributed by atoms with Gasteiger partial charge >= 0.3 is 11.8 Å².